The van der Waals surface area contributed by atoms with Crippen molar-refractivity contribution in [1.29, 1.82) is 0 Å². The molecule has 1 rings (SSSR count). The lowest BCUT2D eigenvalue weighted by Crippen LogP contribution is -2.46. The van der Waals surface area contributed by atoms with Crippen LogP contribution in [0.15, 0.2) is 30.3 Å². The van der Waals surface area contributed by atoms with Crippen molar-refractivity contribution in [2.24, 2.45) is 0 Å². The molecule has 0 saturated carbocycles. The number of carbonyl (C=O) groups excluding carboxylic acids is 2. The Hall–Kier alpha value is -1.49. The Kier molecular flexibility index (Phi) is 7.29. The SMILES string of the molecule is CCOC(=O)C(CCSC)(C(=O)OCC)c1ccccc1. The van der Waals surface area contributed by atoms with Gasteiger partial charge in [0.15, 0.2) is 5.41 Å². The zero-order valence-electron chi connectivity index (χ0n) is 12.8. The van der Waals surface area contributed by atoms with Crippen LogP contribution < -0.4 is 0 Å². The van der Waals surface area contributed by atoms with Gasteiger partial charge in [-0.05, 0) is 37.8 Å². The second kappa shape index (κ2) is 8.72. The Balaban J connectivity index is 3.32. The van der Waals surface area contributed by atoms with E-state index in [1.165, 1.54) is 0 Å². The van der Waals surface area contributed by atoms with Crippen molar-refractivity contribution < 1.29 is 19.1 Å². The molecule has 0 radical (unpaired) electrons. The Morgan fingerprint density at radius 3 is 2.00 bits per heavy atom. The Bertz CT molecular complexity index is 441. The second-order valence-corrected chi connectivity index (χ2v) is 5.44. The molecule has 0 unspecified atom stereocenters. The first-order valence-electron chi connectivity index (χ1n) is 7.02. The summed E-state index contributed by atoms with van der Waals surface area (Å²) in [6.45, 7) is 3.92. The summed E-state index contributed by atoms with van der Waals surface area (Å²) in [6, 6.07) is 9.00. The maximum absolute atomic E-state index is 12.6. The maximum atomic E-state index is 12.6. The average Bonchev–Trinajstić information content (AvgIpc) is 2.50. The van der Waals surface area contributed by atoms with Gasteiger partial charge in [-0.3, -0.25) is 9.59 Å². The highest BCUT2D eigenvalue weighted by Crippen LogP contribution is 2.33. The lowest BCUT2D eigenvalue weighted by Gasteiger charge is -2.29. The van der Waals surface area contributed by atoms with E-state index in [0.717, 1.165) is 0 Å². The number of thioether (sulfide) groups is 1. The van der Waals surface area contributed by atoms with E-state index in [1.807, 2.05) is 24.5 Å². The topological polar surface area (TPSA) is 52.6 Å². The smallest absolute Gasteiger partial charge is 0.328 e. The van der Waals surface area contributed by atoms with Crippen molar-refractivity contribution in [1.82, 2.24) is 0 Å². The Labute approximate surface area is 130 Å². The van der Waals surface area contributed by atoms with Gasteiger partial charge in [0.25, 0.3) is 0 Å². The van der Waals surface area contributed by atoms with Gasteiger partial charge in [-0.15, -0.1) is 0 Å². The number of ether oxygens (including phenoxy) is 2. The van der Waals surface area contributed by atoms with E-state index < -0.39 is 17.4 Å². The number of hydrogen-bond acceptors (Lipinski definition) is 5. The van der Waals surface area contributed by atoms with Gasteiger partial charge in [0.2, 0.25) is 0 Å². The van der Waals surface area contributed by atoms with Crippen LogP contribution in [0.3, 0.4) is 0 Å². The fourth-order valence-electron chi connectivity index (χ4n) is 2.15. The average molecular weight is 310 g/mol. The molecule has 116 valence electrons. The molecule has 0 bridgehead atoms. The van der Waals surface area contributed by atoms with Crippen LogP contribution in [0.1, 0.15) is 25.8 Å². The number of carbonyl (C=O) groups is 2. The van der Waals surface area contributed by atoms with Crippen molar-refractivity contribution in [3.63, 3.8) is 0 Å². The van der Waals surface area contributed by atoms with Gasteiger partial charge >= 0.3 is 11.9 Å². The summed E-state index contributed by atoms with van der Waals surface area (Å²) in [5.41, 5.74) is -0.757. The molecular formula is C16H22O4S. The predicted molar refractivity (Wildman–Crippen MR) is 84.4 cm³/mol. The van der Waals surface area contributed by atoms with Crippen molar-refractivity contribution in [2.45, 2.75) is 25.7 Å². The molecule has 0 saturated heterocycles. The lowest BCUT2D eigenvalue weighted by atomic mass is 9.78. The molecule has 0 aliphatic carbocycles. The van der Waals surface area contributed by atoms with Gasteiger partial charge in [0.1, 0.15) is 0 Å². The fourth-order valence-corrected chi connectivity index (χ4v) is 2.66. The third kappa shape index (κ3) is 4.00. The highest BCUT2D eigenvalue weighted by atomic mass is 32.2. The van der Waals surface area contributed by atoms with Crippen molar-refractivity contribution in [3.05, 3.63) is 35.9 Å². The van der Waals surface area contributed by atoms with E-state index in [-0.39, 0.29) is 13.2 Å². The summed E-state index contributed by atoms with van der Waals surface area (Å²) in [7, 11) is 0. The van der Waals surface area contributed by atoms with Crippen molar-refractivity contribution in [3.8, 4) is 0 Å². The monoisotopic (exact) mass is 310 g/mol. The van der Waals surface area contributed by atoms with Gasteiger partial charge in [0, 0.05) is 0 Å². The molecule has 0 atom stereocenters. The number of hydrogen-bond donors (Lipinski definition) is 0. The molecule has 0 spiro atoms. The van der Waals surface area contributed by atoms with Crippen LogP contribution in [0.25, 0.3) is 0 Å². The van der Waals surface area contributed by atoms with Crippen LogP contribution in [0, 0.1) is 0 Å². The second-order valence-electron chi connectivity index (χ2n) is 4.46. The van der Waals surface area contributed by atoms with E-state index in [4.69, 9.17) is 9.47 Å². The van der Waals surface area contributed by atoms with Crippen LogP contribution in [0.5, 0.6) is 0 Å². The molecular weight excluding hydrogens is 288 g/mol. The molecule has 0 N–H and O–H groups in total. The number of benzene rings is 1. The highest BCUT2D eigenvalue weighted by Gasteiger charge is 2.49. The third-order valence-corrected chi connectivity index (χ3v) is 3.81. The van der Waals surface area contributed by atoms with Crippen LogP contribution in [0.2, 0.25) is 0 Å². The third-order valence-electron chi connectivity index (χ3n) is 3.20. The largest absolute Gasteiger partial charge is 0.465 e. The minimum atomic E-state index is -1.38. The zero-order chi connectivity index (χ0) is 15.7. The zero-order valence-corrected chi connectivity index (χ0v) is 13.6. The van der Waals surface area contributed by atoms with E-state index >= 15 is 0 Å². The number of rotatable bonds is 8. The van der Waals surface area contributed by atoms with Gasteiger partial charge in [-0.2, -0.15) is 11.8 Å². The lowest BCUT2D eigenvalue weighted by molar-refractivity contribution is -0.165. The first-order valence-corrected chi connectivity index (χ1v) is 8.41. The fraction of sp³-hybridized carbons (Fsp3) is 0.500. The highest BCUT2D eigenvalue weighted by molar-refractivity contribution is 7.98. The molecule has 5 heteroatoms. The molecule has 0 amide bonds. The molecule has 4 nitrogen and oxygen atoms in total. The van der Waals surface area contributed by atoms with Gasteiger partial charge in [0.05, 0.1) is 13.2 Å². The summed E-state index contributed by atoms with van der Waals surface area (Å²) in [4.78, 5) is 25.1. The predicted octanol–water partition coefficient (Wildman–Crippen LogP) is 2.80. The summed E-state index contributed by atoms with van der Waals surface area (Å²) in [5.74, 6) is -0.417. The van der Waals surface area contributed by atoms with Gasteiger partial charge < -0.3 is 9.47 Å². The molecule has 1 aromatic carbocycles. The van der Waals surface area contributed by atoms with Crippen LogP contribution in [0.4, 0.5) is 0 Å². The van der Waals surface area contributed by atoms with Crippen molar-refractivity contribution in [2.75, 3.05) is 25.2 Å². The molecule has 0 aliphatic rings. The Morgan fingerprint density at radius 1 is 1.05 bits per heavy atom. The van der Waals surface area contributed by atoms with Gasteiger partial charge in [-0.25, -0.2) is 0 Å². The normalized spacial score (nSPS) is 11.0. The first kappa shape index (κ1) is 17.6. The van der Waals surface area contributed by atoms with E-state index in [1.54, 1.807) is 37.7 Å². The molecule has 21 heavy (non-hydrogen) atoms. The van der Waals surface area contributed by atoms with Crippen LogP contribution in [-0.2, 0) is 24.5 Å². The van der Waals surface area contributed by atoms with Crippen LogP contribution in [-0.4, -0.2) is 37.2 Å². The van der Waals surface area contributed by atoms with E-state index in [9.17, 15) is 9.59 Å². The Morgan fingerprint density at radius 2 is 1.57 bits per heavy atom. The minimum absolute atomic E-state index is 0.228. The van der Waals surface area contributed by atoms with E-state index in [2.05, 4.69) is 0 Å². The summed E-state index contributed by atoms with van der Waals surface area (Å²) in [6.07, 6.45) is 2.29. The molecule has 0 aromatic heterocycles. The molecule has 1 aromatic rings. The van der Waals surface area contributed by atoms with Gasteiger partial charge in [-0.1, -0.05) is 30.3 Å². The maximum Gasteiger partial charge on any atom is 0.328 e. The molecule has 0 aliphatic heterocycles. The number of esters is 2. The summed E-state index contributed by atoms with van der Waals surface area (Å²) < 4.78 is 10.4. The van der Waals surface area contributed by atoms with Crippen LogP contribution >= 0.6 is 11.8 Å². The van der Waals surface area contributed by atoms with Crippen molar-refractivity contribution >= 4 is 23.7 Å². The quantitative estimate of drug-likeness (QED) is 0.546. The molecule has 0 heterocycles. The summed E-state index contributed by atoms with van der Waals surface area (Å²) in [5, 5.41) is 0. The first-order chi connectivity index (χ1) is 10.1. The van der Waals surface area contributed by atoms with E-state index in [0.29, 0.717) is 17.7 Å². The standard InChI is InChI=1S/C16H22O4S/c1-4-19-14(17)16(11-12-21-3,15(18)20-5-2)13-9-7-6-8-10-13/h6-10H,4-5,11-12H2,1-3H3. The summed E-state index contributed by atoms with van der Waals surface area (Å²) >= 11 is 1.58. The molecule has 0 fully saturated rings. The minimum Gasteiger partial charge on any atom is -0.465 e.